The summed E-state index contributed by atoms with van der Waals surface area (Å²) in [6.07, 6.45) is 0. The standard InChI is InChI=1S/C20H35N3O4.HI/c1-5-21-20(22-9-10-26-12-11-24-4)23-16-18-8-7-17(3)15-19(18)27-14-13-25-6-2;/h7-8,15H,5-6,9-14,16H2,1-4H3,(H2,21,22,23);1H. The van der Waals surface area contributed by atoms with Crippen molar-refractivity contribution in [2.45, 2.75) is 27.3 Å². The highest BCUT2D eigenvalue weighted by Crippen LogP contribution is 2.21. The molecule has 28 heavy (non-hydrogen) atoms. The second-order valence-electron chi connectivity index (χ2n) is 5.88. The summed E-state index contributed by atoms with van der Waals surface area (Å²) < 4.78 is 21.6. The number of aliphatic imine (C=N–C) groups is 1. The van der Waals surface area contributed by atoms with Gasteiger partial charge in [-0.2, -0.15) is 0 Å². The fourth-order valence-electron chi connectivity index (χ4n) is 2.27. The maximum atomic E-state index is 5.88. The van der Waals surface area contributed by atoms with Crippen molar-refractivity contribution in [3.63, 3.8) is 0 Å². The Morgan fingerprint density at radius 3 is 2.50 bits per heavy atom. The molecule has 1 aromatic rings. The molecule has 0 fully saturated rings. The molecule has 0 atom stereocenters. The van der Waals surface area contributed by atoms with E-state index in [9.17, 15) is 0 Å². The van der Waals surface area contributed by atoms with Crippen LogP contribution in [0.25, 0.3) is 0 Å². The predicted octanol–water partition coefficient (Wildman–Crippen LogP) is 2.75. The molecule has 0 aliphatic carbocycles. The van der Waals surface area contributed by atoms with E-state index in [4.69, 9.17) is 18.9 Å². The highest BCUT2D eigenvalue weighted by molar-refractivity contribution is 14.0. The Bertz CT molecular complexity index is 544. The molecule has 0 heterocycles. The number of ether oxygens (including phenoxy) is 4. The maximum Gasteiger partial charge on any atom is 0.191 e. The lowest BCUT2D eigenvalue weighted by molar-refractivity contribution is 0.0733. The molecule has 162 valence electrons. The van der Waals surface area contributed by atoms with Crippen LogP contribution in [0, 0.1) is 6.92 Å². The normalized spacial score (nSPS) is 11.1. The largest absolute Gasteiger partial charge is 0.491 e. The van der Waals surface area contributed by atoms with E-state index < -0.39 is 0 Å². The lowest BCUT2D eigenvalue weighted by Gasteiger charge is -2.14. The van der Waals surface area contributed by atoms with Crippen LogP contribution in [0.2, 0.25) is 0 Å². The van der Waals surface area contributed by atoms with Gasteiger partial charge in [0.15, 0.2) is 5.96 Å². The number of hydrogen-bond donors (Lipinski definition) is 2. The Kier molecular flexibility index (Phi) is 17.3. The van der Waals surface area contributed by atoms with Crippen LogP contribution in [0.4, 0.5) is 0 Å². The summed E-state index contributed by atoms with van der Waals surface area (Å²) in [7, 11) is 1.66. The number of nitrogens with zero attached hydrogens (tertiary/aromatic N) is 1. The first-order valence-corrected chi connectivity index (χ1v) is 9.60. The van der Waals surface area contributed by atoms with E-state index in [1.807, 2.05) is 19.9 Å². The first-order valence-electron chi connectivity index (χ1n) is 9.60. The van der Waals surface area contributed by atoms with Gasteiger partial charge in [-0.3, -0.25) is 0 Å². The van der Waals surface area contributed by atoms with Crippen molar-refractivity contribution < 1.29 is 18.9 Å². The zero-order valence-electron chi connectivity index (χ0n) is 17.6. The molecule has 0 aliphatic rings. The number of halogens is 1. The summed E-state index contributed by atoms with van der Waals surface area (Å²) in [6, 6.07) is 6.18. The van der Waals surface area contributed by atoms with Gasteiger partial charge in [-0.25, -0.2) is 4.99 Å². The minimum absolute atomic E-state index is 0. The molecular formula is C20H36IN3O4. The molecule has 0 aliphatic heterocycles. The fourth-order valence-corrected chi connectivity index (χ4v) is 2.27. The molecular weight excluding hydrogens is 473 g/mol. The minimum Gasteiger partial charge on any atom is -0.491 e. The SMILES string of the molecule is CCNC(=NCc1ccc(C)cc1OCCOCC)NCCOCCOC.I. The zero-order valence-corrected chi connectivity index (χ0v) is 19.9. The van der Waals surface area contributed by atoms with Crippen LogP contribution in [0.1, 0.15) is 25.0 Å². The van der Waals surface area contributed by atoms with Crippen LogP contribution in [-0.4, -0.2) is 65.8 Å². The van der Waals surface area contributed by atoms with Gasteiger partial charge in [-0.05, 0) is 32.4 Å². The van der Waals surface area contributed by atoms with Crippen molar-refractivity contribution in [2.75, 3.05) is 59.8 Å². The molecule has 0 bridgehead atoms. The molecule has 0 saturated heterocycles. The van der Waals surface area contributed by atoms with Crippen LogP contribution in [0.3, 0.4) is 0 Å². The van der Waals surface area contributed by atoms with Gasteiger partial charge in [-0.15, -0.1) is 24.0 Å². The van der Waals surface area contributed by atoms with Crippen molar-refractivity contribution in [2.24, 2.45) is 4.99 Å². The number of aryl methyl sites for hydroxylation is 1. The number of hydrogen-bond acceptors (Lipinski definition) is 5. The molecule has 0 amide bonds. The molecule has 0 unspecified atom stereocenters. The fraction of sp³-hybridized carbons (Fsp3) is 0.650. The van der Waals surface area contributed by atoms with Gasteiger partial charge in [-0.1, -0.05) is 12.1 Å². The molecule has 8 heteroatoms. The Hall–Kier alpha value is -1.10. The topological polar surface area (TPSA) is 73.3 Å². The van der Waals surface area contributed by atoms with E-state index in [0.29, 0.717) is 52.7 Å². The van der Waals surface area contributed by atoms with E-state index in [1.165, 1.54) is 0 Å². The highest BCUT2D eigenvalue weighted by atomic mass is 127. The van der Waals surface area contributed by atoms with Crippen LogP contribution >= 0.6 is 24.0 Å². The molecule has 0 radical (unpaired) electrons. The van der Waals surface area contributed by atoms with Crippen molar-refractivity contribution in [1.82, 2.24) is 10.6 Å². The van der Waals surface area contributed by atoms with Gasteiger partial charge >= 0.3 is 0 Å². The summed E-state index contributed by atoms with van der Waals surface area (Å²) in [6.45, 7) is 11.7. The lowest BCUT2D eigenvalue weighted by atomic mass is 10.1. The average Bonchev–Trinajstić information content (AvgIpc) is 2.67. The zero-order chi connectivity index (χ0) is 19.7. The monoisotopic (exact) mass is 509 g/mol. The molecule has 2 N–H and O–H groups in total. The molecule has 7 nitrogen and oxygen atoms in total. The van der Waals surface area contributed by atoms with Gasteiger partial charge in [0.1, 0.15) is 12.4 Å². The summed E-state index contributed by atoms with van der Waals surface area (Å²) in [5.74, 6) is 1.62. The quantitative estimate of drug-likeness (QED) is 0.174. The van der Waals surface area contributed by atoms with Crippen molar-refractivity contribution >= 4 is 29.9 Å². The molecule has 0 aromatic heterocycles. The Morgan fingerprint density at radius 1 is 1.00 bits per heavy atom. The third kappa shape index (κ3) is 12.4. The molecule has 0 saturated carbocycles. The average molecular weight is 509 g/mol. The Labute approximate surface area is 186 Å². The second-order valence-corrected chi connectivity index (χ2v) is 5.88. The lowest BCUT2D eigenvalue weighted by Crippen LogP contribution is -2.39. The highest BCUT2D eigenvalue weighted by Gasteiger charge is 2.05. The molecule has 0 spiro atoms. The third-order valence-electron chi connectivity index (χ3n) is 3.63. The number of rotatable bonds is 14. The number of benzene rings is 1. The first kappa shape index (κ1) is 26.9. The number of methoxy groups -OCH3 is 1. The van der Waals surface area contributed by atoms with E-state index in [-0.39, 0.29) is 24.0 Å². The summed E-state index contributed by atoms with van der Waals surface area (Å²) in [4.78, 5) is 4.66. The summed E-state index contributed by atoms with van der Waals surface area (Å²) >= 11 is 0. The van der Waals surface area contributed by atoms with Crippen molar-refractivity contribution in [3.05, 3.63) is 29.3 Å². The maximum absolute atomic E-state index is 5.88. The van der Waals surface area contributed by atoms with E-state index >= 15 is 0 Å². The van der Waals surface area contributed by atoms with Crippen LogP contribution < -0.4 is 15.4 Å². The van der Waals surface area contributed by atoms with E-state index in [1.54, 1.807) is 7.11 Å². The van der Waals surface area contributed by atoms with E-state index in [0.717, 1.165) is 29.4 Å². The summed E-state index contributed by atoms with van der Waals surface area (Å²) in [5.41, 5.74) is 2.21. The number of guanidine groups is 1. The Balaban J connectivity index is 0.00000729. The first-order chi connectivity index (χ1) is 13.2. The van der Waals surface area contributed by atoms with Gasteiger partial charge in [0, 0.05) is 32.4 Å². The summed E-state index contributed by atoms with van der Waals surface area (Å²) in [5, 5.41) is 6.51. The second kappa shape index (κ2) is 18.0. The third-order valence-corrected chi connectivity index (χ3v) is 3.63. The van der Waals surface area contributed by atoms with Gasteiger partial charge in [0.2, 0.25) is 0 Å². The molecule has 1 rings (SSSR count). The van der Waals surface area contributed by atoms with Gasteiger partial charge < -0.3 is 29.6 Å². The van der Waals surface area contributed by atoms with Crippen molar-refractivity contribution in [1.29, 1.82) is 0 Å². The Morgan fingerprint density at radius 2 is 1.79 bits per heavy atom. The minimum atomic E-state index is 0. The van der Waals surface area contributed by atoms with Gasteiger partial charge in [0.05, 0.1) is 33.0 Å². The number of nitrogens with one attached hydrogen (secondary N) is 2. The smallest absolute Gasteiger partial charge is 0.191 e. The predicted molar refractivity (Wildman–Crippen MR) is 124 cm³/mol. The van der Waals surface area contributed by atoms with Crippen molar-refractivity contribution in [3.8, 4) is 5.75 Å². The van der Waals surface area contributed by atoms with Crippen LogP contribution in [0.5, 0.6) is 5.75 Å². The van der Waals surface area contributed by atoms with Crippen LogP contribution in [0.15, 0.2) is 23.2 Å². The molecule has 1 aromatic carbocycles. The van der Waals surface area contributed by atoms with Gasteiger partial charge in [0.25, 0.3) is 0 Å². The van der Waals surface area contributed by atoms with Crippen LogP contribution in [-0.2, 0) is 20.8 Å². The van der Waals surface area contributed by atoms with E-state index in [2.05, 4.69) is 34.7 Å².